The highest BCUT2D eigenvalue weighted by Gasteiger charge is 2.22. The van der Waals surface area contributed by atoms with E-state index in [1.807, 2.05) is 13.8 Å². The van der Waals surface area contributed by atoms with Gasteiger partial charge in [0.25, 0.3) is 5.91 Å². The zero-order valence-electron chi connectivity index (χ0n) is 13.4. The Kier molecular flexibility index (Phi) is 6.47. The van der Waals surface area contributed by atoms with E-state index in [1.165, 1.54) is 24.3 Å². The molecule has 0 radical (unpaired) electrons. The van der Waals surface area contributed by atoms with Gasteiger partial charge in [-0.15, -0.1) is 0 Å². The highest BCUT2D eigenvalue weighted by atomic mass is 32.2. The maximum Gasteiger partial charge on any atom is 0.326 e. The first-order chi connectivity index (χ1) is 11.0. The van der Waals surface area contributed by atoms with Gasteiger partial charge in [-0.2, -0.15) is 0 Å². The molecule has 0 aliphatic heterocycles. The Labute approximate surface area is 140 Å². The summed E-state index contributed by atoms with van der Waals surface area (Å²) in [5.41, 5.74) is 4.99. The van der Waals surface area contributed by atoms with Crippen LogP contribution in [0, 0.1) is 5.92 Å². The molecule has 2 amide bonds. The Morgan fingerprint density at radius 2 is 1.71 bits per heavy atom. The van der Waals surface area contributed by atoms with Crippen LogP contribution in [0.4, 0.5) is 0 Å². The number of rotatable bonds is 8. The molecule has 0 spiro atoms. The highest BCUT2D eigenvalue weighted by molar-refractivity contribution is 7.92. The fourth-order valence-corrected chi connectivity index (χ4v) is 3.11. The van der Waals surface area contributed by atoms with E-state index < -0.39 is 39.4 Å². The van der Waals surface area contributed by atoms with Crippen LogP contribution < -0.4 is 11.1 Å². The maximum absolute atomic E-state index is 12.1. The zero-order chi connectivity index (χ0) is 18.5. The van der Waals surface area contributed by atoms with Crippen LogP contribution in [0.3, 0.4) is 0 Å². The SMILES string of the molecule is CC(C)C[C@@H](NC(=O)c1ccc(S(=O)(=O)CC(N)=O)cc1)C(=O)O. The lowest BCUT2D eigenvalue weighted by atomic mass is 10.0. The van der Waals surface area contributed by atoms with Crippen LogP contribution in [0.1, 0.15) is 30.6 Å². The van der Waals surface area contributed by atoms with Gasteiger partial charge in [-0.1, -0.05) is 13.8 Å². The molecule has 132 valence electrons. The number of hydrogen-bond donors (Lipinski definition) is 3. The summed E-state index contributed by atoms with van der Waals surface area (Å²) >= 11 is 0. The van der Waals surface area contributed by atoms with E-state index in [4.69, 9.17) is 10.8 Å². The van der Waals surface area contributed by atoms with Crippen molar-refractivity contribution in [2.75, 3.05) is 5.75 Å². The highest BCUT2D eigenvalue weighted by Crippen LogP contribution is 2.13. The van der Waals surface area contributed by atoms with Crippen LogP contribution in [0.2, 0.25) is 0 Å². The summed E-state index contributed by atoms with van der Waals surface area (Å²) in [4.78, 5) is 33.9. The molecule has 0 heterocycles. The fourth-order valence-electron chi connectivity index (χ4n) is 2.02. The van der Waals surface area contributed by atoms with Crippen LogP contribution in [0.5, 0.6) is 0 Å². The molecule has 1 rings (SSSR count). The van der Waals surface area contributed by atoms with Gasteiger partial charge in [-0.05, 0) is 36.6 Å². The lowest BCUT2D eigenvalue weighted by Gasteiger charge is -2.16. The quantitative estimate of drug-likeness (QED) is 0.606. The number of carboxylic acids is 1. The van der Waals surface area contributed by atoms with Gasteiger partial charge in [-0.3, -0.25) is 9.59 Å². The van der Waals surface area contributed by atoms with E-state index in [-0.39, 0.29) is 22.8 Å². The smallest absolute Gasteiger partial charge is 0.326 e. The monoisotopic (exact) mass is 356 g/mol. The molecular weight excluding hydrogens is 336 g/mol. The number of carbonyl (C=O) groups excluding carboxylic acids is 2. The number of nitrogens with one attached hydrogen (secondary N) is 1. The molecule has 0 aromatic heterocycles. The second-order valence-corrected chi connectivity index (χ2v) is 7.73. The molecule has 0 aliphatic carbocycles. The number of hydrogen-bond acceptors (Lipinski definition) is 5. The molecule has 4 N–H and O–H groups in total. The lowest BCUT2D eigenvalue weighted by Crippen LogP contribution is -2.41. The summed E-state index contributed by atoms with van der Waals surface area (Å²) in [5, 5.41) is 11.5. The van der Waals surface area contributed by atoms with E-state index in [0.717, 1.165) is 0 Å². The largest absolute Gasteiger partial charge is 0.480 e. The predicted octanol–water partition coefficient (Wildman–Crippen LogP) is 0.175. The van der Waals surface area contributed by atoms with Crippen LogP contribution in [0.15, 0.2) is 29.2 Å². The summed E-state index contributed by atoms with van der Waals surface area (Å²) in [6.07, 6.45) is 0.270. The van der Waals surface area contributed by atoms with E-state index >= 15 is 0 Å². The number of carbonyl (C=O) groups is 3. The minimum Gasteiger partial charge on any atom is -0.480 e. The number of benzene rings is 1. The van der Waals surface area contributed by atoms with Crippen molar-refractivity contribution in [1.82, 2.24) is 5.32 Å². The van der Waals surface area contributed by atoms with Crippen molar-refractivity contribution < 1.29 is 27.9 Å². The molecule has 0 fully saturated rings. The third-order valence-electron chi connectivity index (χ3n) is 3.12. The van der Waals surface area contributed by atoms with E-state index in [9.17, 15) is 22.8 Å². The molecule has 0 aliphatic rings. The summed E-state index contributed by atoms with van der Waals surface area (Å²) in [6, 6.07) is 3.81. The van der Waals surface area contributed by atoms with Crippen LogP contribution in [-0.4, -0.2) is 43.1 Å². The van der Waals surface area contributed by atoms with Crippen LogP contribution in [-0.2, 0) is 19.4 Å². The third-order valence-corrected chi connectivity index (χ3v) is 4.77. The standard InChI is InChI=1S/C15H20N2O6S/c1-9(2)7-12(15(20)21)17-14(19)10-3-5-11(6-4-10)24(22,23)8-13(16)18/h3-6,9,12H,7-8H2,1-2H3,(H2,16,18)(H,17,19)(H,20,21)/t12-/m1/s1. The summed E-state index contributed by atoms with van der Waals surface area (Å²) < 4.78 is 23.7. The average Bonchev–Trinajstić information content (AvgIpc) is 2.44. The second-order valence-electron chi connectivity index (χ2n) is 5.74. The zero-order valence-corrected chi connectivity index (χ0v) is 14.2. The molecule has 9 heteroatoms. The van der Waals surface area contributed by atoms with Gasteiger partial charge in [0.15, 0.2) is 9.84 Å². The second kappa shape index (κ2) is 7.91. The minimum atomic E-state index is -3.85. The van der Waals surface area contributed by atoms with E-state index in [0.29, 0.717) is 0 Å². The molecule has 1 aromatic carbocycles. The van der Waals surface area contributed by atoms with Crippen molar-refractivity contribution >= 4 is 27.6 Å². The fraction of sp³-hybridized carbons (Fsp3) is 0.400. The first kappa shape index (κ1) is 19.6. The lowest BCUT2D eigenvalue weighted by molar-refractivity contribution is -0.139. The van der Waals surface area contributed by atoms with Gasteiger partial charge in [0.05, 0.1) is 4.90 Å². The van der Waals surface area contributed by atoms with Gasteiger partial charge >= 0.3 is 5.97 Å². The van der Waals surface area contributed by atoms with Crippen LogP contribution >= 0.6 is 0 Å². The molecule has 24 heavy (non-hydrogen) atoms. The Hall–Kier alpha value is -2.42. The Morgan fingerprint density at radius 3 is 2.12 bits per heavy atom. The molecule has 1 aromatic rings. The van der Waals surface area contributed by atoms with Crippen molar-refractivity contribution in [3.63, 3.8) is 0 Å². The molecule has 8 nitrogen and oxygen atoms in total. The van der Waals surface area contributed by atoms with Gasteiger partial charge in [0, 0.05) is 5.56 Å². The minimum absolute atomic E-state index is 0.0766. The van der Waals surface area contributed by atoms with Gasteiger partial charge in [0.2, 0.25) is 5.91 Å². The van der Waals surface area contributed by atoms with Crippen molar-refractivity contribution in [2.24, 2.45) is 11.7 Å². The third kappa shape index (κ3) is 5.65. The normalized spacial score (nSPS) is 12.6. The molecular formula is C15H20N2O6S. The molecule has 0 saturated carbocycles. The molecule has 0 saturated heterocycles. The summed E-state index contributed by atoms with van der Waals surface area (Å²) in [7, 11) is -3.85. The van der Waals surface area contributed by atoms with Crippen molar-refractivity contribution in [1.29, 1.82) is 0 Å². The number of carboxylic acid groups (broad SMARTS) is 1. The Morgan fingerprint density at radius 1 is 1.17 bits per heavy atom. The van der Waals surface area contributed by atoms with Crippen molar-refractivity contribution in [3.8, 4) is 0 Å². The number of amides is 2. The van der Waals surface area contributed by atoms with Crippen LogP contribution in [0.25, 0.3) is 0 Å². The molecule has 1 atom stereocenters. The van der Waals surface area contributed by atoms with Gasteiger partial charge < -0.3 is 16.2 Å². The van der Waals surface area contributed by atoms with Gasteiger partial charge in [0.1, 0.15) is 11.8 Å². The van der Waals surface area contributed by atoms with Gasteiger partial charge in [-0.25, -0.2) is 13.2 Å². The number of primary amides is 1. The topological polar surface area (TPSA) is 144 Å². The van der Waals surface area contributed by atoms with Crippen molar-refractivity contribution in [2.45, 2.75) is 31.2 Å². The molecule has 0 unspecified atom stereocenters. The number of aliphatic carboxylic acids is 1. The van der Waals surface area contributed by atoms with E-state index in [2.05, 4.69) is 5.32 Å². The number of nitrogens with two attached hydrogens (primary N) is 1. The summed E-state index contributed by atoms with van der Waals surface area (Å²) in [5.74, 6) is -3.49. The first-order valence-corrected chi connectivity index (χ1v) is 8.83. The number of sulfone groups is 1. The predicted molar refractivity (Wildman–Crippen MR) is 86.0 cm³/mol. The maximum atomic E-state index is 12.1. The summed E-state index contributed by atoms with van der Waals surface area (Å²) in [6.45, 7) is 3.67. The first-order valence-electron chi connectivity index (χ1n) is 7.17. The van der Waals surface area contributed by atoms with E-state index in [1.54, 1.807) is 0 Å². The van der Waals surface area contributed by atoms with Crippen molar-refractivity contribution in [3.05, 3.63) is 29.8 Å². The Bertz CT molecular complexity index is 725. The molecule has 0 bridgehead atoms. The Balaban J connectivity index is 2.90. The average molecular weight is 356 g/mol.